The number of benzene rings is 1. The summed E-state index contributed by atoms with van der Waals surface area (Å²) >= 11 is 0. The van der Waals surface area contributed by atoms with Crippen molar-refractivity contribution in [1.82, 2.24) is 14.9 Å². The van der Waals surface area contributed by atoms with Crippen molar-refractivity contribution in [3.05, 3.63) is 30.1 Å². The quantitative estimate of drug-likeness (QED) is 0.847. The molecule has 2 N–H and O–H groups in total. The van der Waals surface area contributed by atoms with Gasteiger partial charge in [0, 0.05) is 0 Å². The monoisotopic (exact) mass is 269 g/mol. The Labute approximate surface area is 105 Å². The number of carboxylic acids is 1. The second-order valence-electron chi connectivity index (χ2n) is 3.77. The Hall–Kier alpha value is -2.51. The molecular weight excluding hydrogens is 260 g/mol. The van der Waals surface area contributed by atoms with Gasteiger partial charge in [-0.25, -0.2) is 13.8 Å². The smallest absolute Gasteiger partial charge is 0.322 e. The van der Waals surface area contributed by atoms with Crippen LogP contribution in [0.2, 0.25) is 0 Å². The molecule has 0 saturated heterocycles. The Morgan fingerprint density at radius 2 is 2.11 bits per heavy atom. The fourth-order valence-electron chi connectivity index (χ4n) is 1.60. The van der Waals surface area contributed by atoms with Gasteiger partial charge in [0.05, 0.1) is 11.8 Å². The van der Waals surface area contributed by atoms with E-state index in [1.165, 1.54) is 12.4 Å². The van der Waals surface area contributed by atoms with E-state index in [1.54, 1.807) is 0 Å². The molecule has 0 saturated carbocycles. The molecule has 0 aliphatic heterocycles. The molecule has 0 aliphatic carbocycles. The molecule has 0 spiro atoms. The molecular formula is C11H9F2N3O3. The summed E-state index contributed by atoms with van der Waals surface area (Å²) < 4.78 is 27.8. The maximum absolute atomic E-state index is 13.6. The zero-order valence-electron chi connectivity index (χ0n) is 9.56. The minimum Gasteiger partial charge on any atom is -0.480 e. The molecule has 0 fully saturated rings. The first-order valence-corrected chi connectivity index (χ1v) is 5.26. The summed E-state index contributed by atoms with van der Waals surface area (Å²) in [5.74, 6) is -3.97. The molecule has 8 heteroatoms. The summed E-state index contributed by atoms with van der Waals surface area (Å²) in [6.45, 7) is -0.882. The van der Waals surface area contributed by atoms with Crippen LogP contribution in [0.1, 0.15) is 0 Å². The Kier molecular flexibility index (Phi) is 3.41. The number of hydrogen-bond donors (Lipinski definition) is 2. The minimum atomic E-state index is -1.19. The number of imidazole rings is 1. The number of halogens is 2. The number of amides is 1. The number of fused-ring (bicyclic) bond motifs is 1. The number of aliphatic carboxylic acids is 1. The van der Waals surface area contributed by atoms with Crippen molar-refractivity contribution in [3.63, 3.8) is 0 Å². The van der Waals surface area contributed by atoms with Gasteiger partial charge in [0.2, 0.25) is 5.91 Å². The number of hydrogen-bond acceptors (Lipinski definition) is 3. The standard InChI is InChI=1S/C11H9F2N3O3/c12-6-1-2-7-11(10(6)13)16(5-15-7)4-8(17)14-3-9(18)19/h1-2,5H,3-4H2,(H,14,17)(H,18,19). The van der Waals surface area contributed by atoms with E-state index in [9.17, 15) is 18.4 Å². The largest absolute Gasteiger partial charge is 0.480 e. The van der Waals surface area contributed by atoms with Crippen LogP contribution >= 0.6 is 0 Å². The number of carbonyl (C=O) groups is 2. The molecule has 19 heavy (non-hydrogen) atoms. The SMILES string of the molecule is O=C(O)CNC(=O)Cn1cnc2ccc(F)c(F)c21. The van der Waals surface area contributed by atoms with Crippen LogP contribution in [-0.2, 0) is 16.1 Å². The number of carbonyl (C=O) groups excluding carboxylic acids is 1. The van der Waals surface area contributed by atoms with Crippen molar-refractivity contribution < 1.29 is 23.5 Å². The van der Waals surface area contributed by atoms with Crippen molar-refractivity contribution in [2.45, 2.75) is 6.54 Å². The third-order valence-corrected chi connectivity index (χ3v) is 2.42. The highest BCUT2D eigenvalue weighted by Crippen LogP contribution is 2.19. The number of rotatable bonds is 4. The van der Waals surface area contributed by atoms with Crippen LogP contribution in [0.25, 0.3) is 11.0 Å². The van der Waals surface area contributed by atoms with E-state index in [1.807, 2.05) is 0 Å². The Balaban J connectivity index is 2.24. The van der Waals surface area contributed by atoms with E-state index < -0.39 is 30.1 Å². The van der Waals surface area contributed by atoms with E-state index in [4.69, 9.17) is 5.11 Å². The minimum absolute atomic E-state index is 0.134. The maximum atomic E-state index is 13.6. The molecule has 0 atom stereocenters. The van der Waals surface area contributed by atoms with Gasteiger partial charge in [0.1, 0.15) is 18.6 Å². The van der Waals surface area contributed by atoms with Crippen LogP contribution in [0.15, 0.2) is 18.5 Å². The van der Waals surface area contributed by atoms with E-state index in [0.717, 1.165) is 10.6 Å². The van der Waals surface area contributed by atoms with Crippen LogP contribution in [-0.4, -0.2) is 33.1 Å². The third kappa shape index (κ3) is 2.67. The van der Waals surface area contributed by atoms with E-state index in [-0.39, 0.29) is 17.6 Å². The van der Waals surface area contributed by atoms with Crippen LogP contribution in [0.4, 0.5) is 8.78 Å². The fourth-order valence-corrected chi connectivity index (χ4v) is 1.60. The summed E-state index contributed by atoms with van der Waals surface area (Å²) in [5, 5.41) is 10.5. The van der Waals surface area contributed by atoms with Gasteiger partial charge in [0.15, 0.2) is 11.6 Å². The van der Waals surface area contributed by atoms with Gasteiger partial charge in [-0.15, -0.1) is 0 Å². The summed E-state index contributed by atoms with van der Waals surface area (Å²) in [5.41, 5.74) is 0.0791. The lowest BCUT2D eigenvalue weighted by Gasteiger charge is -2.05. The Morgan fingerprint density at radius 3 is 2.79 bits per heavy atom. The summed E-state index contributed by atoms with van der Waals surface area (Å²) in [6.07, 6.45) is 1.19. The summed E-state index contributed by atoms with van der Waals surface area (Å²) in [6, 6.07) is 2.24. The van der Waals surface area contributed by atoms with Gasteiger partial charge in [-0.2, -0.15) is 0 Å². The maximum Gasteiger partial charge on any atom is 0.322 e. The average Bonchev–Trinajstić information content (AvgIpc) is 2.75. The molecule has 0 radical (unpaired) electrons. The van der Waals surface area contributed by atoms with E-state index >= 15 is 0 Å². The van der Waals surface area contributed by atoms with Crippen LogP contribution in [0.5, 0.6) is 0 Å². The Morgan fingerprint density at radius 1 is 1.37 bits per heavy atom. The number of aromatic nitrogens is 2. The predicted molar refractivity (Wildman–Crippen MR) is 60.3 cm³/mol. The summed E-state index contributed by atoms with van der Waals surface area (Å²) in [7, 11) is 0. The highest BCUT2D eigenvalue weighted by Gasteiger charge is 2.14. The van der Waals surface area contributed by atoms with Gasteiger partial charge in [0.25, 0.3) is 0 Å². The molecule has 1 aromatic carbocycles. The van der Waals surface area contributed by atoms with Gasteiger partial charge in [-0.05, 0) is 12.1 Å². The number of nitrogens with zero attached hydrogens (tertiary/aromatic N) is 2. The highest BCUT2D eigenvalue weighted by atomic mass is 19.2. The topological polar surface area (TPSA) is 84.2 Å². The van der Waals surface area contributed by atoms with Gasteiger partial charge in [-0.1, -0.05) is 0 Å². The number of carboxylic acid groups (broad SMARTS) is 1. The molecule has 0 aliphatic rings. The molecule has 1 aromatic heterocycles. The molecule has 2 aromatic rings. The molecule has 0 bridgehead atoms. The Bertz CT molecular complexity index is 654. The first-order chi connectivity index (χ1) is 8.99. The van der Waals surface area contributed by atoms with Gasteiger partial charge < -0.3 is 15.0 Å². The number of nitrogens with one attached hydrogen (secondary N) is 1. The first kappa shape index (κ1) is 12.9. The van der Waals surface area contributed by atoms with Gasteiger partial charge >= 0.3 is 5.97 Å². The lowest BCUT2D eigenvalue weighted by Crippen LogP contribution is -2.32. The highest BCUT2D eigenvalue weighted by molar-refractivity contribution is 5.83. The second kappa shape index (κ2) is 5.01. The molecule has 2 rings (SSSR count). The normalized spacial score (nSPS) is 10.6. The zero-order chi connectivity index (χ0) is 14.0. The van der Waals surface area contributed by atoms with Gasteiger partial charge in [-0.3, -0.25) is 9.59 Å². The molecule has 1 amide bonds. The molecule has 100 valence electrons. The average molecular weight is 269 g/mol. The fraction of sp³-hybridized carbons (Fsp3) is 0.182. The van der Waals surface area contributed by atoms with Crippen molar-refractivity contribution in [3.8, 4) is 0 Å². The van der Waals surface area contributed by atoms with Crippen molar-refractivity contribution in [2.75, 3.05) is 6.54 Å². The third-order valence-electron chi connectivity index (χ3n) is 2.42. The summed E-state index contributed by atoms with van der Waals surface area (Å²) in [4.78, 5) is 25.5. The molecule has 0 unspecified atom stereocenters. The first-order valence-electron chi connectivity index (χ1n) is 5.26. The van der Waals surface area contributed by atoms with Crippen molar-refractivity contribution >= 4 is 22.9 Å². The zero-order valence-corrected chi connectivity index (χ0v) is 9.56. The van der Waals surface area contributed by atoms with Crippen LogP contribution < -0.4 is 5.32 Å². The van der Waals surface area contributed by atoms with Crippen LogP contribution in [0.3, 0.4) is 0 Å². The predicted octanol–water partition coefficient (Wildman–Crippen LogP) is 0.515. The molecule has 6 nitrogen and oxygen atoms in total. The van der Waals surface area contributed by atoms with Crippen molar-refractivity contribution in [1.29, 1.82) is 0 Å². The lowest BCUT2D eigenvalue weighted by molar-refractivity contribution is -0.138. The molecule has 1 heterocycles. The van der Waals surface area contributed by atoms with E-state index in [0.29, 0.717) is 0 Å². The van der Waals surface area contributed by atoms with Crippen LogP contribution in [0, 0.1) is 11.6 Å². The van der Waals surface area contributed by atoms with E-state index in [2.05, 4.69) is 10.3 Å². The van der Waals surface area contributed by atoms with Crippen molar-refractivity contribution in [2.24, 2.45) is 0 Å². The lowest BCUT2D eigenvalue weighted by atomic mass is 10.3. The second-order valence-corrected chi connectivity index (χ2v) is 3.77.